The van der Waals surface area contributed by atoms with Crippen LogP contribution in [0.4, 0.5) is 0 Å². The van der Waals surface area contributed by atoms with Crippen molar-refractivity contribution in [2.24, 2.45) is 17.8 Å². The lowest BCUT2D eigenvalue weighted by atomic mass is 9.78. The Kier molecular flexibility index (Phi) is 7.01. The molecule has 1 aliphatic carbocycles. The first kappa shape index (κ1) is 20.1. The van der Waals surface area contributed by atoms with Crippen molar-refractivity contribution in [2.75, 3.05) is 39.3 Å². The summed E-state index contributed by atoms with van der Waals surface area (Å²) in [5.41, 5.74) is 0. The van der Waals surface area contributed by atoms with Crippen LogP contribution in [0.25, 0.3) is 0 Å². The highest BCUT2D eigenvalue weighted by molar-refractivity contribution is 5.79. The molecule has 3 fully saturated rings. The maximum Gasteiger partial charge on any atom is 0.225 e. The number of carbonyl (C=O) groups excluding carboxylic acids is 1. The Labute approximate surface area is 161 Å². The van der Waals surface area contributed by atoms with E-state index in [0.717, 1.165) is 70.0 Å². The number of piperidine rings is 1. The number of rotatable bonds is 4. The monoisotopic (exact) mass is 363 g/mol. The van der Waals surface area contributed by atoms with Crippen molar-refractivity contribution in [3.8, 4) is 0 Å². The molecule has 3 rings (SSSR count). The van der Waals surface area contributed by atoms with Crippen LogP contribution in [0, 0.1) is 17.8 Å². The van der Waals surface area contributed by atoms with Crippen molar-refractivity contribution in [2.45, 2.75) is 78.3 Å². The highest BCUT2D eigenvalue weighted by Crippen LogP contribution is 2.34. The number of nitrogens with zero attached hydrogens (tertiary/aromatic N) is 3. The van der Waals surface area contributed by atoms with Crippen LogP contribution in [0.15, 0.2) is 0 Å². The zero-order valence-electron chi connectivity index (χ0n) is 17.6. The van der Waals surface area contributed by atoms with Crippen molar-refractivity contribution in [1.29, 1.82) is 0 Å². The molecule has 0 atom stereocenters. The minimum Gasteiger partial charge on any atom is -0.340 e. The van der Waals surface area contributed by atoms with E-state index >= 15 is 0 Å². The summed E-state index contributed by atoms with van der Waals surface area (Å²) in [6.07, 6.45) is 7.71. The standard InChI is InChI=1S/C22H41N3O/c1-17(2)19-5-7-21(8-6-19)24-11-9-20(10-12-24)22(26)25-15-13-23(14-16-25)18(3)4/h17-21H,5-16H2,1-4H3. The average Bonchev–Trinajstić information content (AvgIpc) is 2.67. The molecule has 3 aliphatic rings. The highest BCUT2D eigenvalue weighted by Gasteiger charge is 2.34. The summed E-state index contributed by atoms with van der Waals surface area (Å²) in [5.74, 6) is 2.51. The second-order valence-corrected chi connectivity index (χ2v) is 9.58. The molecule has 0 aromatic heterocycles. The van der Waals surface area contributed by atoms with Crippen molar-refractivity contribution < 1.29 is 4.79 Å². The van der Waals surface area contributed by atoms with Gasteiger partial charge in [-0.3, -0.25) is 9.69 Å². The molecular formula is C22H41N3O. The normalized spacial score (nSPS) is 30.3. The third kappa shape index (κ3) is 4.81. The third-order valence-corrected chi connectivity index (χ3v) is 7.44. The first-order valence-electron chi connectivity index (χ1n) is 11.2. The summed E-state index contributed by atoms with van der Waals surface area (Å²) in [7, 11) is 0. The average molecular weight is 364 g/mol. The topological polar surface area (TPSA) is 26.8 Å². The summed E-state index contributed by atoms with van der Waals surface area (Å²) < 4.78 is 0. The van der Waals surface area contributed by atoms with Gasteiger partial charge < -0.3 is 9.80 Å². The highest BCUT2D eigenvalue weighted by atomic mass is 16.2. The zero-order chi connectivity index (χ0) is 18.7. The number of hydrogen-bond donors (Lipinski definition) is 0. The molecule has 0 radical (unpaired) electrons. The third-order valence-electron chi connectivity index (χ3n) is 7.44. The molecule has 0 bridgehead atoms. The fourth-order valence-corrected chi connectivity index (χ4v) is 5.36. The minimum atomic E-state index is 0.281. The summed E-state index contributed by atoms with van der Waals surface area (Å²) in [5, 5.41) is 0. The predicted octanol–water partition coefficient (Wildman–Crippen LogP) is 3.47. The number of carbonyl (C=O) groups is 1. The van der Waals surface area contributed by atoms with Gasteiger partial charge in [0.05, 0.1) is 0 Å². The second-order valence-electron chi connectivity index (χ2n) is 9.58. The van der Waals surface area contributed by atoms with Gasteiger partial charge in [-0.15, -0.1) is 0 Å². The molecule has 26 heavy (non-hydrogen) atoms. The molecule has 2 aliphatic heterocycles. The lowest BCUT2D eigenvalue weighted by molar-refractivity contribution is -0.139. The second kappa shape index (κ2) is 9.05. The van der Waals surface area contributed by atoms with Crippen LogP contribution in [-0.2, 0) is 4.79 Å². The van der Waals surface area contributed by atoms with E-state index in [-0.39, 0.29) is 5.92 Å². The summed E-state index contributed by atoms with van der Waals surface area (Å²) in [4.78, 5) is 20.3. The molecule has 0 aromatic rings. The summed E-state index contributed by atoms with van der Waals surface area (Å²) in [6.45, 7) is 15.5. The molecule has 4 nitrogen and oxygen atoms in total. The Bertz CT molecular complexity index is 440. The Morgan fingerprint density at radius 2 is 1.35 bits per heavy atom. The number of amides is 1. The van der Waals surface area contributed by atoms with Crippen molar-refractivity contribution in [3.05, 3.63) is 0 Å². The van der Waals surface area contributed by atoms with Gasteiger partial charge in [0.15, 0.2) is 0 Å². The molecule has 0 unspecified atom stereocenters. The van der Waals surface area contributed by atoms with Gasteiger partial charge >= 0.3 is 0 Å². The Morgan fingerprint density at radius 3 is 1.85 bits per heavy atom. The minimum absolute atomic E-state index is 0.281. The van der Waals surface area contributed by atoms with E-state index < -0.39 is 0 Å². The molecule has 150 valence electrons. The van der Waals surface area contributed by atoms with E-state index in [4.69, 9.17) is 0 Å². The van der Waals surface area contributed by atoms with E-state index in [1.807, 2.05) is 0 Å². The van der Waals surface area contributed by atoms with E-state index in [0.29, 0.717) is 11.9 Å². The molecule has 2 heterocycles. The number of likely N-dealkylation sites (tertiary alicyclic amines) is 1. The van der Waals surface area contributed by atoms with E-state index in [1.165, 1.54) is 25.7 Å². The van der Waals surface area contributed by atoms with Gasteiger partial charge in [-0.25, -0.2) is 0 Å². The summed E-state index contributed by atoms with van der Waals surface area (Å²) >= 11 is 0. The quantitative estimate of drug-likeness (QED) is 0.765. The maximum absolute atomic E-state index is 12.9. The van der Waals surface area contributed by atoms with Crippen molar-refractivity contribution in [3.63, 3.8) is 0 Å². The molecule has 1 saturated carbocycles. The van der Waals surface area contributed by atoms with Gasteiger partial charge in [0.1, 0.15) is 0 Å². The van der Waals surface area contributed by atoms with Gasteiger partial charge in [-0.05, 0) is 77.3 Å². The van der Waals surface area contributed by atoms with Crippen LogP contribution in [0.3, 0.4) is 0 Å². The largest absolute Gasteiger partial charge is 0.340 e. The molecule has 4 heteroatoms. The van der Waals surface area contributed by atoms with E-state index in [9.17, 15) is 4.79 Å². The molecule has 0 aromatic carbocycles. The van der Waals surface area contributed by atoms with Gasteiger partial charge in [0, 0.05) is 44.2 Å². The Hall–Kier alpha value is -0.610. The smallest absolute Gasteiger partial charge is 0.225 e. The molecule has 0 N–H and O–H groups in total. The number of piperazine rings is 1. The van der Waals surface area contributed by atoms with Crippen LogP contribution in [0.5, 0.6) is 0 Å². The predicted molar refractivity (Wildman–Crippen MR) is 108 cm³/mol. The number of hydrogen-bond acceptors (Lipinski definition) is 3. The first-order valence-corrected chi connectivity index (χ1v) is 11.2. The summed E-state index contributed by atoms with van der Waals surface area (Å²) in [6, 6.07) is 1.39. The van der Waals surface area contributed by atoms with Crippen molar-refractivity contribution in [1.82, 2.24) is 14.7 Å². The van der Waals surface area contributed by atoms with E-state index in [2.05, 4.69) is 42.4 Å². The Balaban J connectivity index is 1.40. The SMILES string of the molecule is CC(C)C1CCC(N2CCC(C(=O)N3CCN(C(C)C)CC3)CC2)CC1. The van der Waals surface area contributed by atoms with Crippen LogP contribution >= 0.6 is 0 Å². The first-order chi connectivity index (χ1) is 12.5. The van der Waals surface area contributed by atoms with Gasteiger partial charge in [-0.2, -0.15) is 0 Å². The van der Waals surface area contributed by atoms with Gasteiger partial charge in [-0.1, -0.05) is 13.8 Å². The lowest BCUT2D eigenvalue weighted by Gasteiger charge is -2.43. The maximum atomic E-state index is 12.9. The lowest BCUT2D eigenvalue weighted by Crippen LogP contribution is -2.53. The van der Waals surface area contributed by atoms with Crippen LogP contribution < -0.4 is 0 Å². The zero-order valence-corrected chi connectivity index (χ0v) is 17.6. The van der Waals surface area contributed by atoms with E-state index in [1.54, 1.807) is 0 Å². The molecule has 1 amide bonds. The fourth-order valence-electron chi connectivity index (χ4n) is 5.36. The Morgan fingerprint density at radius 1 is 0.769 bits per heavy atom. The van der Waals surface area contributed by atoms with Crippen LogP contribution in [0.2, 0.25) is 0 Å². The molecule has 0 spiro atoms. The fraction of sp³-hybridized carbons (Fsp3) is 0.955. The van der Waals surface area contributed by atoms with Gasteiger partial charge in [0.2, 0.25) is 5.91 Å². The van der Waals surface area contributed by atoms with Gasteiger partial charge in [0.25, 0.3) is 0 Å². The van der Waals surface area contributed by atoms with Crippen LogP contribution in [0.1, 0.15) is 66.2 Å². The molecule has 2 saturated heterocycles. The van der Waals surface area contributed by atoms with Crippen LogP contribution in [-0.4, -0.2) is 72.0 Å². The van der Waals surface area contributed by atoms with Crippen molar-refractivity contribution >= 4 is 5.91 Å². The molecular weight excluding hydrogens is 322 g/mol.